The van der Waals surface area contributed by atoms with Gasteiger partial charge in [-0.3, -0.25) is 4.79 Å². The SMILES string of the molecule is CCN(CC(=O)O)C(=O)N(C)C(C)(C)CC. The lowest BCUT2D eigenvalue weighted by molar-refractivity contribution is -0.137. The number of hydrogen-bond donors (Lipinski definition) is 1. The van der Waals surface area contributed by atoms with Crippen LogP contribution in [0.15, 0.2) is 0 Å². The molecule has 0 fully saturated rings. The zero-order valence-corrected chi connectivity index (χ0v) is 10.8. The highest BCUT2D eigenvalue weighted by Gasteiger charge is 2.29. The van der Waals surface area contributed by atoms with Crippen molar-refractivity contribution in [1.29, 1.82) is 0 Å². The summed E-state index contributed by atoms with van der Waals surface area (Å²) in [5.41, 5.74) is -0.261. The molecule has 16 heavy (non-hydrogen) atoms. The molecule has 1 N–H and O–H groups in total. The first kappa shape index (κ1) is 14.7. The predicted molar refractivity (Wildman–Crippen MR) is 62.4 cm³/mol. The van der Waals surface area contributed by atoms with E-state index in [2.05, 4.69) is 0 Å². The first-order valence-electron chi connectivity index (χ1n) is 5.50. The second-order valence-corrected chi connectivity index (χ2v) is 4.42. The van der Waals surface area contributed by atoms with Gasteiger partial charge in [-0.15, -0.1) is 0 Å². The number of aliphatic carboxylic acids is 1. The van der Waals surface area contributed by atoms with Gasteiger partial charge < -0.3 is 14.9 Å². The van der Waals surface area contributed by atoms with Crippen LogP contribution >= 0.6 is 0 Å². The molecule has 0 saturated carbocycles. The van der Waals surface area contributed by atoms with Crippen molar-refractivity contribution in [2.24, 2.45) is 0 Å². The number of carboxylic acids is 1. The predicted octanol–water partition coefficient (Wildman–Crippen LogP) is 1.63. The molecule has 2 amide bonds. The van der Waals surface area contributed by atoms with Gasteiger partial charge in [0.1, 0.15) is 6.54 Å². The molecular formula is C11H22N2O3. The zero-order chi connectivity index (χ0) is 12.9. The van der Waals surface area contributed by atoms with Crippen LogP contribution in [0.2, 0.25) is 0 Å². The van der Waals surface area contributed by atoms with Crippen molar-refractivity contribution in [2.75, 3.05) is 20.1 Å². The maximum absolute atomic E-state index is 12.0. The number of amides is 2. The normalized spacial score (nSPS) is 11.1. The van der Waals surface area contributed by atoms with E-state index in [1.165, 1.54) is 4.90 Å². The zero-order valence-electron chi connectivity index (χ0n) is 10.8. The summed E-state index contributed by atoms with van der Waals surface area (Å²) in [5.74, 6) is -0.988. The van der Waals surface area contributed by atoms with Crippen LogP contribution in [-0.4, -0.2) is 52.6 Å². The van der Waals surface area contributed by atoms with Crippen LogP contribution in [0, 0.1) is 0 Å². The number of rotatable bonds is 5. The Kier molecular flexibility index (Phi) is 5.27. The highest BCUT2D eigenvalue weighted by atomic mass is 16.4. The standard InChI is InChI=1S/C11H22N2O3/c1-6-11(3,4)12(5)10(16)13(7-2)8-9(14)15/h6-8H2,1-5H3,(H,14,15). The molecule has 0 aliphatic carbocycles. The van der Waals surface area contributed by atoms with Gasteiger partial charge >= 0.3 is 12.0 Å². The Morgan fingerprint density at radius 3 is 2.06 bits per heavy atom. The molecule has 0 bridgehead atoms. The van der Waals surface area contributed by atoms with Crippen LogP contribution in [0.4, 0.5) is 4.79 Å². The quantitative estimate of drug-likeness (QED) is 0.781. The van der Waals surface area contributed by atoms with Crippen molar-refractivity contribution < 1.29 is 14.7 Å². The maximum Gasteiger partial charge on any atom is 0.323 e. The van der Waals surface area contributed by atoms with Gasteiger partial charge in [-0.1, -0.05) is 6.92 Å². The van der Waals surface area contributed by atoms with Gasteiger partial charge in [0.15, 0.2) is 0 Å². The molecule has 94 valence electrons. The summed E-state index contributed by atoms with van der Waals surface area (Å²) >= 11 is 0. The maximum atomic E-state index is 12.0. The summed E-state index contributed by atoms with van der Waals surface area (Å²) in [6.07, 6.45) is 0.819. The molecule has 5 heteroatoms. The Hall–Kier alpha value is -1.26. The fourth-order valence-corrected chi connectivity index (χ4v) is 1.19. The second kappa shape index (κ2) is 5.72. The van der Waals surface area contributed by atoms with Crippen molar-refractivity contribution in [3.63, 3.8) is 0 Å². The average molecular weight is 230 g/mol. The summed E-state index contributed by atoms with van der Waals surface area (Å²) in [4.78, 5) is 25.5. The van der Waals surface area contributed by atoms with Crippen LogP contribution in [0.1, 0.15) is 34.1 Å². The van der Waals surface area contributed by atoms with Gasteiger partial charge in [0, 0.05) is 19.1 Å². The Morgan fingerprint density at radius 1 is 1.25 bits per heavy atom. The van der Waals surface area contributed by atoms with E-state index in [0.717, 1.165) is 6.42 Å². The Bertz CT molecular complexity index is 264. The van der Waals surface area contributed by atoms with Gasteiger partial charge in [0.25, 0.3) is 0 Å². The van der Waals surface area contributed by atoms with Crippen molar-refractivity contribution >= 4 is 12.0 Å². The molecule has 0 heterocycles. The molecule has 0 aliphatic rings. The van der Waals surface area contributed by atoms with Crippen molar-refractivity contribution in [1.82, 2.24) is 9.80 Å². The minimum atomic E-state index is -0.988. The summed E-state index contributed by atoms with van der Waals surface area (Å²) in [5, 5.41) is 8.69. The van der Waals surface area contributed by atoms with Crippen molar-refractivity contribution in [3.05, 3.63) is 0 Å². The molecule has 5 nitrogen and oxygen atoms in total. The van der Waals surface area contributed by atoms with Crippen molar-refractivity contribution in [2.45, 2.75) is 39.7 Å². The Labute approximate surface area is 97.0 Å². The number of carbonyl (C=O) groups is 2. The first-order chi connectivity index (χ1) is 7.26. The lowest BCUT2D eigenvalue weighted by Gasteiger charge is -2.37. The lowest BCUT2D eigenvalue weighted by Crippen LogP contribution is -2.51. The lowest BCUT2D eigenvalue weighted by atomic mass is 10.0. The topological polar surface area (TPSA) is 60.9 Å². The number of carbonyl (C=O) groups excluding carboxylic acids is 1. The molecule has 0 radical (unpaired) electrons. The monoisotopic (exact) mass is 230 g/mol. The molecule has 0 atom stereocenters. The Morgan fingerprint density at radius 2 is 1.75 bits per heavy atom. The molecule has 0 aromatic carbocycles. The summed E-state index contributed by atoms with van der Waals surface area (Å²) in [6.45, 7) is 7.83. The summed E-state index contributed by atoms with van der Waals surface area (Å²) in [6, 6.07) is -0.239. The van der Waals surface area contributed by atoms with E-state index in [-0.39, 0.29) is 18.1 Å². The van der Waals surface area contributed by atoms with Crippen LogP contribution < -0.4 is 0 Å². The Balaban J connectivity index is 4.68. The molecule has 0 aromatic heterocycles. The summed E-state index contributed by atoms with van der Waals surface area (Å²) < 4.78 is 0. The molecule has 0 aromatic rings. The number of carboxylic acid groups (broad SMARTS) is 1. The highest BCUT2D eigenvalue weighted by molar-refractivity contribution is 5.80. The van der Waals surface area contributed by atoms with Gasteiger partial charge in [-0.2, -0.15) is 0 Å². The number of nitrogens with zero attached hydrogens (tertiary/aromatic N) is 2. The first-order valence-corrected chi connectivity index (χ1v) is 5.50. The van der Waals surface area contributed by atoms with Gasteiger partial charge in [-0.25, -0.2) is 4.79 Å². The molecule has 0 saturated heterocycles. The van der Waals surface area contributed by atoms with Crippen LogP contribution in [0.25, 0.3) is 0 Å². The van der Waals surface area contributed by atoms with E-state index in [1.54, 1.807) is 18.9 Å². The van der Waals surface area contributed by atoms with Crippen LogP contribution in [0.3, 0.4) is 0 Å². The van der Waals surface area contributed by atoms with Crippen LogP contribution in [0.5, 0.6) is 0 Å². The van der Waals surface area contributed by atoms with E-state index in [1.807, 2.05) is 20.8 Å². The van der Waals surface area contributed by atoms with Crippen LogP contribution in [-0.2, 0) is 4.79 Å². The third kappa shape index (κ3) is 3.72. The minimum absolute atomic E-state index is 0.239. The average Bonchev–Trinajstić information content (AvgIpc) is 2.23. The highest BCUT2D eigenvalue weighted by Crippen LogP contribution is 2.17. The van der Waals surface area contributed by atoms with E-state index in [0.29, 0.717) is 6.54 Å². The number of likely N-dealkylation sites (N-methyl/N-ethyl adjacent to an activating group) is 1. The smallest absolute Gasteiger partial charge is 0.323 e. The molecular weight excluding hydrogens is 208 g/mol. The third-order valence-electron chi connectivity index (χ3n) is 3.04. The van der Waals surface area contributed by atoms with Gasteiger partial charge in [0.05, 0.1) is 0 Å². The molecule has 0 unspecified atom stereocenters. The minimum Gasteiger partial charge on any atom is -0.480 e. The fraction of sp³-hybridized carbons (Fsp3) is 0.818. The number of urea groups is 1. The molecule has 0 spiro atoms. The third-order valence-corrected chi connectivity index (χ3v) is 3.04. The van der Waals surface area contributed by atoms with E-state index in [4.69, 9.17) is 5.11 Å². The van der Waals surface area contributed by atoms with E-state index >= 15 is 0 Å². The number of hydrogen-bond acceptors (Lipinski definition) is 2. The van der Waals surface area contributed by atoms with E-state index in [9.17, 15) is 9.59 Å². The fourth-order valence-electron chi connectivity index (χ4n) is 1.19. The van der Waals surface area contributed by atoms with Gasteiger partial charge in [0.2, 0.25) is 0 Å². The van der Waals surface area contributed by atoms with E-state index < -0.39 is 5.97 Å². The molecule has 0 rings (SSSR count). The summed E-state index contributed by atoms with van der Waals surface area (Å²) in [7, 11) is 1.70. The second-order valence-electron chi connectivity index (χ2n) is 4.42. The van der Waals surface area contributed by atoms with Crippen molar-refractivity contribution in [3.8, 4) is 0 Å². The molecule has 0 aliphatic heterocycles. The largest absolute Gasteiger partial charge is 0.480 e. The van der Waals surface area contributed by atoms with Gasteiger partial charge in [-0.05, 0) is 27.2 Å².